The number of carbonyl (C=O) groups excluding carboxylic acids is 5. The summed E-state index contributed by atoms with van der Waals surface area (Å²) < 4.78 is 32.2. The van der Waals surface area contributed by atoms with Crippen LogP contribution in [0.15, 0.2) is 0 Å². The normalized spacial score (nSPS) is 24.6. The Morgan fingerprint density at radius 1 is 0.972 bits per heavy atom. The summed E-state index contributed by atoms with van der Waals surface area (Å²) in [6.07, 6.45) is -5.16. The molecule has 36 heavy (non-hydrogen) atoms. The van der Waals surface area contributed by atoms with Crippen LogP contribution in [0.4, 0.5) is 9.59 Å². The van der Waals surface area contributed by atoms with Gasteiger partial charge in [-0.05, 0) is 69.2 Å². The van der Waals surface area contributed by atoms with Gasteiger partial charge in [-0.2, -0.15) is 5.01 Å². The minimum Gasteiger partial charge on any atom is -0.459 e. The molecule has 0 aliphatic carbocycles. The highest BCUT2D eigenvalue weighted by Crippen LogP contribution is 2.36. The molecule has 1 N–H and O–H groups in total. The third-order valence-electron chi connectivity index (χ3n) is 5.08. The topological polar surface area (TPSA) is 156 Å². The van der Waals surface area contributed by atoms with E-state index in [0.29, 0.717) is 5.01 Å². The van der Waals surface area contributed by atoms with E-state index in [1.54, 1.807) is 55.4 Å². The van der Waals surface area contributed by atoms with Crippen LogP contribution in [0, 0.1) is 0 Å². The number of nitrogens with one attached hydrogen (secondary N) is 1. The Kier molecular flexibility index (Phi) is 8.02. The molecule has 204 valence electrons. The summed E-state index contributed by atoms with van der Waals surface area (Å²) >= 11 is 0. The molecule has 2 aliphatic rings. The van der Waals surface area contributed by atoms with Gasteiger partial charge in [-0.1, -0.05) is 0 Å². The van der Waals surface area contributed by atoms with Gasteiger partial charge in [-0.3, -0.25) is 4.79 Å². The van der Waals surface area contributed by atoms with Crippen molar-refractivity contribution in [2.75, 3.05) is 6.61 Å². The molecule has 0 unspecified atom stereocenters. The van der Waals surface area contributed by atoms with E-state index >= 15 is 0 Å². The van der Waals surface area contributed by atoms with Crippen molar-refractivity contribution in [1.29, 1.82) is 0 Å². The minimum absolute atomic E-state index is 0.429. The fourth-order valence-corrected chi connectivity index (χ4v) is 3.39. The average molecular weight is 517 g/mol. The Labute approximate surface area is 210 Å². The molecule has 0 saturated carbocycles. The maximum atomic E-state index is 13.2. The summed E-state index contributed by atoms with van der Waals surface area (Å²) in [5, 5.41) is 0.429. The van der Waals surface area contributed by atoms with Crippen molar-refractivity contribution in [3.63, 3.8) is 0 Å². The van der Waals surface area contributed by atoms with Crippen molar-refractivity contribution in [2.45, 2.75) is 110 Å². The van der Waals surface area contributed by atoms with Crippen molar-refractivity contribution in [1.82, 2.24) is 10.4 Å². The fourth-order valence-electron chi connectivity index (χ4n) is 3.39. The zero-order chi connectivity index (χ0) is 27.9. The minimum atomic E-state index is -2.37. The maximum absolute atomic E-state index is 13.2. The molecule has 0 aromatic carbocycles. The number of rotatable bonds is 5. The standard InChI is InChI=1S/C23H36N2O11/c1-12(26)23(10,25(19(30)36-21(5,6)7)24-18(29)35-20(2,3)4)17(28)31-11-13-14-15(16(27)32-13)34-22(8,9)33-14/h13-15H,11H2,1-10H3,(H,24,29)/t13-,14-,15-,23-/m1/s1. The first-order valence-electron chi connectivity index (χ1n) is 11.4. The van der Waals surface area contributed by atoms with Gasteiger partial charge in [0.05, 0.1) is 0 Å². The number of ether oxygens (including phenoxy) is 6. The first kappa shape index (κ1) is 29.3. The Bertz CT molecular complexity index is 918. The average Bonchev–Trinajstić information content (AvgIpc) is 3.14. The van der Waals surface area contributed by atoms with E-state index in [-0.39, 0.29) is 0 Å². The third-order valence-corrected chi connectivity index (χ3v) is 5.08. The van der Waals surface area contributed by atoms with Crippen LogP contribution in [-0.4, -0.2) is 82.4 Å². The molecule has 13 nitrogen and oxygen atoms in total. The van der Waals surface area contributed by atoms with Gasteiger partial charge in [0.2, 0.25) is 5.54 Å². The zero-order valence-electron chi connectivity index (χ0n) is 22.4. The Morgan fingerprint density at radius 2 is 1.53 bits per heavy atom. The predicted octanol–water partition coefficient (Wildman–Crippen LogP) is 2.00. The second kappa shape index (κ2) is 9.85. The van der Waals surface area contributed by atoms with Gasteiger partial charge in [0, 0.05) is 0 Å². The first-order chi connectivity index (χ1) is 16.2. The van der Waals surface area contributed by atoms with Crippen LogP contribution in [0.2, 0.25) is 0 Å². The lowest BCUT2D eigenvalue weighted by Crippen LogP contribution is -2.67. The Morgan fingerprint density at radius 3 is 2.03 bits per heavy atom. The number of hydrogen-bond acceptors (Lipinski definition) is 11. The number of cyclic esters (lactones) is 1. The Hall–Kier alpha value is -2.93. The van der Waals surface area contributed by atoms with E-state index in [1.165, 1.54) is 0 Å². The second-order valence-electron chi connectivity index (χ2n) is 11.2. The van der Waals surface area contributed by atoms with Crippen molar-refractivity contribution in [2.24, 2.45) is 0 Å². The monoisotopic (exact) mass is 516 g/mol. The molecule has 2 amide bonds. The molecule has 2 fully saturated rings. The van der Waals surface area contributed by atoms with E-state index in [0.717, 1.165) is 13.8 Å². The van der Waals surface area contributed by atoms with Crippen LogP contribution < -0.4 is 5.43 Å². The van der Waals surface area contributed by atoms with Gasteiger partial charge in [-0.25, -0.2) is 24.6 Å². The molecule has 2 rings (SSSR count). The molecule has 2 aliphatic heterocycles. The molecule has 0 bridgehead atoms. The number of hydrazine groups is 1. The van der Waals surface area contributed by atoms with Crippen molar-refractivity contribution >= 4 is 29.9 Å². The number of esters is 2. The van der Waals surface area contributed by atoms with Gasteiger partial charge in [-0.15, -0.1) is 0 Å². The quantitative estimate of drug-likeness (QED) is 0.247. The zero-order valence-corrected chi connectivity index (χ0v) is 22.4. The summed E-state index contributed by atoms with van der Waals surface area (Å²) in [5.74, 6) is -3.79. The Balaban J connectivity index is 2.28. The van der Waals surface area contributed by atoms with Gasteiger partial charge in [0.15, 0.2) is 23.8 Å². The van der Waals surface area contributed by atoms with E-state index in [4.69, 9.17) is 28.4 Å². The number of fused-ring (bicyclic) bond motifs is 1. The highest BCUT2D eigenvalue weighted by atomic mass is 16.8. The lowest BCUT2D eigenvalue weighted by atomic mass is 9.97. The molecule has 0 spiro atoms. The van der Waals surface area contributed by atoms with Crippen LogP contribution in [0.1, 0.15) is 69.2 Å². The molecule has 2 heterocycles. The fraction of sp³-hybridized carbons (Fsp3) is 0.783. The summed E-state index contributed by atoms with van der Waals surface area (Å²) in [6, 6.07) is 0. The van der Waals surface area contributed by atoms with Gasteiger partial charge in [0.25, 0.3) is 0 Å². The summed E-state index contributed by atoms with van der Waals surface area (Å²) in [5.41, 5.74) is -2.22. The molecule has 0 aromatic heterocycles. The molecular formula is C23H36N2O11. The summed E-state index contributed by atoms with van der Waals surface area (Å²) in [7, 11) is 0. The van der Waals surface area contributed by atoms with Crippen LogP contribution in [0.5, 0.6) is 0 Å². The van der Waals surface area contributed by atoms with Crippen molar-refractivity contribution in [3.05, 3.63) is 0 Å². The van der Waals surface area contributed by atoms with E-state index in [9.17, 15) is 24.0 Å². The SMILES string of the molecule is CC(=O)[C@](C)(C(=O)OC[C@H]1OC(=O)[C@@H]2OC(C)(C)O[C@H]12)N(NC(=O)OC(C)(C)C)C(=O)OC(C)(C)C. The number of ketones is 1. The highest BCUT2D eigenvalue weighted by Gasteiger charge is 2.57. The largest absolute Gasteiger partial charge is 0.459 e. The van der Waals surface area contributed by atoms with Crippen LogP contribution in [-0.2, 0) is 42.8 Å². The summed E-state index contributed by atoms with van der Waals surface area (Å²) in [4.78, 5) is 63.6. The van der Waals surface area contributed by atoms with Crippen molar-refractivity contribution < 1.29 is 52.4 Å². The van der Waals surface area contributed by atoms with Gasteiger partial charge < -0.3 is 28.4 Å². The number of amides is 2. The summed E-state index contributed by atoms with van der Waals surface area (Å²) in [6.45, 7) is 14.3. The van der Waals surface area contributed by atoms with E-state index < -0.39 is 77.4 Å². The molecule has 4 atom stereocenters. The lowest BCUT2D eigenvalue weighted by molar-refractivity contribution is -0.192. The molecule has 13 heteroatoms. The smallest absolute Gasteiger partial charge is 0.430 e. The molecule has 2 saturated heterocycles. The van der Waals surface area contributed by atoms with Gasteiger partial charge in [0.1, 0.15) is 23.9 Å². The van der Waals surface area contributed by atoms with E-state index in [1.807, 2.05) is 0 Å². The van der Waals surface area contributed by atoms with E-state index in [2.05, 4.69) is 5.43 Å². The molecular weight excluding hydrogens is 480 g/mol. The van der Waals surface area contributed by atoms with Crippen LogP contribution in [0.3, 0.4) is 0 Å². The second-order valence-corrected chi connectivity index (χ2v) is 11.2. The maximum Gasteiger partial charge on any atom is 0.430 e. The number of Topliss-reactive ketones (excluding diaryl/α,β-unsaturated/α-hetero) is 1. The highest BCUT2D eigenvalue weighted by molar-refractivity contribution is 6.09. The number of hydrogen-bond donors (Lipinski definition) is 1. The first-order valence-corrected chi connectivity index (χ1v) is 11.4. The number of nitrogens with zero attached hydrogens (tertiary/aromatic N) is 1. The van der Waals surface area contributed by atoms with Gasteiger partial charge >= 0.3 is 24.1 Å². The number of carbonyl (C=O) groups is 5. The van der Waals surface area contributed by atoms with Crippen LogP contribution in [0.25, 0.3) is 0 Å². The lowest BCUT2D eigenvalue weighted by Gasteiger charge is -2.37. The predicted molar refractivity (Wildman–Crippen MR) is 121 cm³/mol. The van der Waals surface area contributed by atoms with Crippen molar-refractivity contribution in [3.8, 4) is 0 Å². The van der Waals surface area contributed by atoms with Crippen LogP contribution >= 0.6 is 0 Å². The molecule has 0 radical (unpaired) electrons. The third kappa shape index (κ3) is 6.84. The molecule has 0 aromatic rings.